The Balaban J connectivity index is 1.74. The number of aromatic carboxylic acids is 1. The molecule has 9 heteroatoms. The van der Waals surface area contributed by atoms with E-state index in [0.29, 0.717) is 22.3 Å². The zero-order chi connectivity index (χ0) is 22.7. The fourth-order valence-electron chi connectivity index (χ4n) is 3.18. The Morgan fingerprint density at radius 1 is 1.03 bits per heavy atom. The van der Waals surface area contributed by atoms with Crippen molar-refractivity contribution in [3.8, 4) is 17.1 Å². The first-order chi connectivity index (χ1) is 15.4. The summed E-state index contributed by atoms with van der Waals surface area (Å²) in [5.74, 6) is -0.0666. The van der Waals surface area contributed by atoms with Crippen LogP contribution in [0.2, 0.25) is 0 Å². The summed E-state index contributed by atoms with van der Waals surface area (Å²) in [6.45, 7) is 1.98. The summed E-state index contributed by atoms with van der Waals surface area (Å²) in [5.41, 5.74) is 3.35. The van der Waals surface area contributed by atoms with Crippen LogP contribution in [-0.2, 0) is 5.75 Å². The number of thioether (sulfide) groups is 1. The number of benzene rings is 3. The maximum absolute atomic E-state index is 11.6. The van der Waals surface area contributed by atoms with Gasteiger partial charge in [-0.25, -0.2) is 4.79 Å². The van der Waals surface area contributed by atoms with Crippen LogP contribution in [0.3, 0.4) is 0 Å². The molecule has 1 aromatic heterocycles. The maximum Gasteiger partial charge on any atom is 0.335 e. The standard InChI is InChI=1S/C23H18N4O4S/c1-15-6-12-18(13-7-15)26-21(19-4-2-3-5-20(19)27(30)31)24-25-23(26)32-14-16-8-10-17(11-9-16)22(28)29/h2-13H,14H2,1H3,(H,28,29). The fraction of sp³-hybridized carbons (Fsp3) is 0.0870. The normalized spacial score (nSPS) is 10.8. The molecule has 1 N–H and O–H groups in total. The van der Waals surface area contributed by atoms with E-state index in [-0.39, 0.29) is 11.3 Å². The van der Waals surface area contributed by atoms with E-state index in [1.165, 1.54) is 17.8 Å². The van der Waals surface area contributed by atoms with Crippen molar-refractivity contribution in [2.45, 2.75) is 17.8 Å². The van der Waals surface area contributed by atoms with Crippen molar-refractivity contribution in [1.29, 1.82) is 0 Å². The van der Waals surface area contributed by atoms with Gasteiger partial charge in [-0.3, -0.25) is 14.7 Å². The molecule has 0 aliphatic rings. The zero-order valence-electron chi connectivity index (χ0n) is 17.0. The largest absolute Gasteiger partial charge is 0.478 e. The van der Waals surface area contributed by atoms with Crippen LogP contribution in [0.25, 0.3) is 17.1 Å². The van der Waals surface area contributed by atoms with E-state index in [0.717, 1.165) is 16.8 Å². The minimum Gasteiger partial charge on any atom is -0.478 e. The first-order valence-electron chi connectivity index (χ1n) is 9.65. The van der Waals surface area contributed by atoms with Gasteiger partial charge in [-0.05, 0) is 42.8 Å². The number of para-hydroxylation sites is 1. The smallest absolute Gasteiger partial charge is 0.335 e. The van der Waals surface area contributed by atoms with Crippen molar-refractivity contribution in [2.75, 3.05) is 0 Å². The predicted molar refractivity (Wildman–Crippen MR) is 121 cm³/mol. The highest BCUT2D eigenvalue weighted by molar-refractivity contribution is 7.98. The lowest BCUT2D eigenvalue weighted by molar-refractivity contribution is -0.384. The van der Waals surface area contributed by atoms with Gasteiger partial charge in [0, 0.05) is 17.5 Å². The van der Waals surface area contributed by atoms with Gasteiger partial charge in [0.25, 0.3) is 5.69 Å². The Bertz CT molecular complexity index is 1280. The average molecular weight is 446 g/mol. The summed E-state index contributed by atoms with van der Waals surface area (Å²) >= 11 is 1.42. The minimum atomic E-state index is -0.975. The molecule has 0 fully saturated rings. The lowest BCUT2D eigenvalue weighted by Crippen LogP contribution is -2.02. The number of nitro groups is 1. The second-order valence-corrected chi connectivity index (χ2v) is 7.98. The van der Waals surface area contributed by atoms with Crippen LogP contribution in [0.4, 0.5) is 5.69 Å². The molecule has 4 aromatic rings. The number of carboxylic acids is 1. The molecule has 0 unspecified atom stereocenters. The van der Waals surface area contributed by atoms with Crippen LogP contribution in [0.5, 0.6) is 0 Å². The highest BCUT2D eigenvalue weighted by Crippen LogP contribution is 2.34. The van der Waals surface area contributed by atoms with Crippen LogP contribution in [0.15, 0.2) is 78.0 Å². The van der Waals surface area contributed by atoms with Crippen LogP contribution < -0.4 is 0 Å². The van der Waals surface area contributed by atoms with Gasteiger partial charge in [-0.2, -0.15) is 0 Å². The molecule has 0 saturated carbocycles. The second-order valence-electron chi connectivity index (χ2n) is 7.04. The molecule has 0 bridgehead atoms. The Hall–Kier alpha value is -3.98. The molecule has 3 aromatic carbocycles. The SMILES string of the molecule is Cc1ccc(-n2c(SCc3ccc(C(=O)O)cc3)nnc2-c2ccccc2[N+](=O)[O-])cc1. The molecule has 4 rings (SSSR count). The zero-order valence-corrected chi connectivity index (χ0v) is 17.8. The van der Waals surface area contributed by atoms with E-state index in [9.17, 15) is 14.9 Å². The van der Waals surface area contributed by atoms with Gasteiger partial charge in [-0.1, -0.05) is 53.7 Å². The van der Waals surface area contributed by atoms with Crippen molar-refractivity contribution in [3.63, 3.8) is 0 Å². The Morgan fingerprint density at radius 2 is 1.72 bits per heavy atom. The molecule has 0 atom stereocenters. The average Bonchev–Trinajstić information content (AvgIpc) is 3.22. The summed E-state index contributed by atoms with van der Waals surface area (Å²) in [7, 11) is 0. The first kappa shape index (κ1) is 21.3. The number of nitro benzene ring substituents is 1. The van der Waals surface area contributed by atoms with Gasteiger partial charge in [0.1, 0.15) is 0 Å². The Kier molecular flexibility index (Phi) is 6.00. The molecule has 32 heavy (non-hydrogen) atoms. The number of aryl methyl sites for hydroxylation is 1. The summed E-state index contributed by atoms with van der Waals surface area (Å²) < 4.78 is 1.80. The van der Waals surface area contributed by atoms with Crippen LogP contribution >= 0.6 is 11.8 Å². The third kappa shape index (κ3) is 4.37. The quantitative estimate of drug-likeness (QED) is 0.238. The van der Waals surface area contributed by atoms with E-state index in [2.05, 4.69) is 10.2 Å². The summed E-state index contributed by atoms with van der Waals surface area (Å²) in [6, 6.07) is 20.8. The third-order valence-electron chi connectivity index (χ3n) is 4.84. The van der Waals surface area contributed by atoms with Gasteiger partial charge in [0.15, 0.2) is 11.0 Å². The minimum absolute atomic E-state index is 0.0472. The Labute approximate surface area is 187 Å². The monoisotopic (exact) mass is 446 g/mol. The Morgan fingerprint density at radius 3 is 2.38 bits per heavy atom. The lowest BCUT2D eigenvalue weighted by atomic mass is 10.1. The van der Waals surface area contributed by atoms with Gasteiger partial charge in [-0.15, -0.1) is 10.2 Å². The molecule has 0 aliphatic heterocycles. The molecular weight excluding hydrogens is 428 g/mol. The van der Waals surface area contributed by atoms with Crippen molar-refractivity contribution in [3.05, 3.63) is 99.6 Å². The van der Waals surface area contributed by atoms with Crippen LogP contribution in [0.1, 0.15) is 21.5 Å². The van der Waals surface area contributed by atoms with Gasteiger partial charge in [0.2, 0.25) is 0 Å². The summed E-state index contributed by atoms with van der Waals surface area (Å²) in [5, 5.41) is 29.8. The molecular formula is C23H18N4O4S. The van der Waals surface area contributed by atoms with E-state index < -0.39 is 10.9 Å². The van der Waals surface area contributed by atoms with Gasteiger partial charge in [0.05, 0.1) is 16.1 Å². The number of hydrogen-bond acceptors (Lipinski definition) is 6. The molecule has 0 saturated heterocycles. The summed E-state index contributed by atoms with van der Waals surface area (Å²) in [6.07, 6.45) is 0. The van der Waals surface area contributed by atoms with Gasteiger partial charge < -0.3 is 5.11 Å². The predicted octanol–water partition coefficient (Wildman–Crippen LogP) is 5.14. The molecule has 0 aliphatic carbocycles. The molecule has 8 nitrogen and oxygen atoms in total. The topological polar surface area (TPSA) is 111 Å². The van der Waals surface area contributed by atoms with Crippen LogP contribution in [-0.4, -0.2) is 30.8 Å². The molecule has 160 valence electrons. The molecule has 0 spiro atoms. The second kappa shape index (κ2) is 9.03. The number of aromatic nitrogens is 3. The molecule has 0 radical (unpaired) electrons. The van der Waals surface area contributed by atoms with Crippen molar-refractivity contribution in [2.24, 2.45) is 0 Å². The van der Waals surface area contributed by atoms with Crippen molar-refractivity contribution < 1.29 is 14.8 Å². The van der Waals surface area contributed by atoms with E-state index in [1.807, 2.05) is 31.2 Å². The number of rotatable bonds is 7. The lowest BCUT2D eigenvalue weighted by Gasteiger charge is -2.11. The number of carbonyl (C=O) groups is 1. The van der Waals surface area contributed by atoms with E-state index >= 15 is 0 Å². The number of nitrogens with zero attached hydrogens (tertiary/aromatic N) is 4. The third-order valence-corrected chi connectivity index (χ3v) is 5.84. The van der Waals surface area contributed by atoms with Crippen LogP contribution in [0, 0.1) is 17.0 Å². The first-order valence-corrected chi connectivity index (χ1v) is 10.6. The highest BCUT2D eigenvalue weighted by atomic mass is 32.2. The van der Waals surface area contributed by atoms with E-state index in [1.54, 1.807) is 47.0 Å². The maximum atomic E-state index is 11.6. The number of carboxylic acid groups (broad SMARTS) is 1. The number of hydrogen-bond donors (Lipinski definition) is 1. The highest BCUT2D eigenvalue weighted by Gasteiger charge is 2.23. The molecule has 1 heterocycles. The van der Waals surface area contributed by atoms with Crippen molar-refractivity contribution >= 4 is 23.4 Å². The van der Waals surface area contributed by atoms with E-state index in [4.69, 9.17) is 5.11 Å². The van der Waals surface area contributed by atoms with Crippen molar-refractivity contribution in [1.82, 2.24) is 14.8 Å². The fourth-order valence-corrected chi connectivity index (χ4v) is 4.09. The van der Waals surface area contributed by atoms with Gasteiger partial charge >= 0.3 is 5.97 Å². The summed E-state index contributed by atoms with van der Waals surface area (Å²) in [4.78, 5) is 22.2. The molecule has 0 amide bonds.